The first-order chi connectivity index (χ1) is 7.77. The number of carbonyl (C=O) groups excluding carboxylic acids is 1. The third kappa shape index (κ3) is 2.61. The maximum atomic E-state index is 11.9. The molecule has 86 valence electrons. The van der Waals surface area contributed by atoms with Gasteiger partial charge < -0.3 is 11.1 Å². The Balaban J connectivity index is 1.96. The van der Waals surface area contributed by atoms with Crippen molar-refractivity contribution in [2.24, 2.45) is 5.73 Å². The molecule has 1 aliphatic carbocycles. The van der Waals surface area contributed by atoms with Crippen LogP contribution in [-0.4, -0.2) is 18.0 Å². The summed E-state index contributed by atoms with van der Waals surface area (Å²) in [7, 11) is 0. The predicted molar refractivity (Wildman–Crippen MR) is 64.1 cm³/mol. The lowest BCUT2D eigenvalue weighted by Crippen LogP contribution is -2.49. The molecular weight excluding hydrogens is 200 g/mol. The molecule has 1 aliphatic rings. The van der Waals surface area contributed by atoms with Crippen LogP contribution in [0.5, 0.6) is 0 Å². The van der Waals surface area contributed by atoms with Crippen LogP contribution < -0.4 is 11.1 Å². The molecule has 2 rings (SSSR count). The van der Waals surface area contributed by atoms with Crippen molar-refractivity contribution in [1.29, 1.82) is 0 Å². The standard InChI is InChI=1S/C13H18N2O/c14-11-8-4-5-9-12(11)15-13(16)10-6-2-1-3-7-10/h1-3,6-7,11-12H,4-5,8-9,14H2,(H,15,16)/t11-,12+/m0/s1. The number of hydrogen-bond acceptors (Lipinski definition) is 2. The van der Waals surface area contributed by atoms with Gasteiger partial charge in [0.2, 0.25) is 0 Å². The van der Waals surface area contributed by atoms with Crippen molar-refractivity contribution in [3.63, 3.8) is 0 Å². The van der Waals surface area contributed by atoms with Crippen molar-refractivity contribution in [3.05, 3.63) is 35.9 Å². The van der Waals surface area contributed by atoms with E-state index in [1.165, 1.54) is 6.42 Å². The van der Waals surface area contributed by atoms with Gasteiger partial charge in [-0.15, -0.1) is 0 Å². The largest absolute Gasteiger partial charge is 0.348 e. The van der Waals surface area contributed by atoms with E-state index in [0.29, 0.717) is 5.56 Å². The fourth-order valence-electron chi connectivity index (χ4n) is 2.18. The lowest BCUT2D eigenvalue weighted by molar-refractivity contribution is 0.0921. The molecule has 0 aromatic heterocycles. The minimum Gasteiger partial charge on any atom is -0.348 e. The molecule has 3 heteroatoms. The van der Waals surface area contributed by atoms with Gasteiger partial charge in [0, 0.05) is 17.6 Å². The average molecular weight is 218 g/mol. The van der Waals surface area contributed by atoms with E-state index >= 15 is 0 Å². The van der Waals surface area contributed by atoms with Gasteiger partial charge in [-0.3, -0.25) is 4.79 Å². The van der Waals surface area contributed by atoms with Crippen LogP contribution in [0.3, 0.4) is 0 Å². The van der Waals surface area contributed by atoms with Crippen LogP contribution in [0, 0.1) is 0 Å². The zero-order valence-electron chi connectivity index (χ0n) is 9.36. The van der Waals surface area contributed by atoms with Crippen molar-refractivity contribution in [1.82, 2.24) is 5.32 Å². The molecule has 1 aromatic rings. The average Bonchev–Trinajstić information content (AvgIpc) is 2.33. The third-order valence-corrected chi connectivity index (χ3v) is 3.17. The molecule has 0 heterocycles. The monoisotopic (exact) mass is 218 g/mol. The zero-order valence-corrected chi connectivity index (χ0v) is 9.36. The summed E-state index contributed by atoms with van der Waals surface area (Å²) in [4.78, 5) is 11.9. The quantitative estimate of drug-likeness (QED) is 0.793. The first-order valence-electron chi connectivity index (χ1n) is 5.89. The molecular formula is C13H18N2O. The second kappa shape index (κ2) is 5.12. The highest BCUT2D eigenvalue weighted by atomic mass is 16.1. The number of amides is 1. The molecule has 0 bridgehead atoms. The van der Waals surface area contributed by atoms with Crippen LogP contribution in [0.1, 0.15) is 36.0 Å². The molecule has 0 radical (unpaired) electrons. The summed E-state index contributed by atoms with van der Waals surface area (Å²) < 4.78 is 0. The van der Waals surface area contributed by atoms with Crippen LogP contribution in [-0.2, 0) is 0 Å². The van der Waals surface area contributed by atoms with Crippen LogP contribution in [0.2, 0.25) is 0 Å². The highest BCUT2D eigenvalue weighted by Crippen LogP contribution is 2.17. The van der Waals surface area contributed by atoms with Crippen molar-refractivity contribution >= 4 is 5.91 Å². The lowest BCUT2D eigenvalue weighted by Gasteiger charge is -2.29. The van der Waals surface area contributed by atoms with E-state index in [4.69, 9.17) is 5.73 Å². The maximum Gasteiger partial charge on any atom is 0.251 e. The van der Waals surface area contributed by atoms with Gasteiger partial charge in [0.05, 0.1) is 0 Å². The molecule has 0 aliphatic heterocycles. The highest BCUT2D eigenvalue weighted by molar-refractivity contribution is 5.94. The van der Waals surface area contributed by atoms with Gasteiger partial charge in [-0.2, -0.15) is 0 Å². The van der Waals surface area contributed by atoms with Crippen LogP contribution in [0.4, 0.5) is 0 Å². The molecule has 1 fully saturated rings. The third-order valence-electron chi connectivity index (χ3n) is 3.17. The molecule has 1 saturated carbocycles. The molecule has 0 unspecified atom stereocenters. The Labute approximate surface area is 96.0 Å². The van der Waals surface area contributed by atoms with Crippen LogP contribution in [0.25, 0.3) is 0 Å². The van der Waals surface area contributed by atoms with E-state index in [1.807, 2.05) is 30.3 Å². The van der Waals surface area contributed by atoms with E-state index in [-0.39, 0.29) is 18.0 Å². The van der Waals surface area contributed by atoms with Gasteiger partial charge in [-0.05, 0) is 25.0 Å². The summed E-state index contributed by atoms with van der Waals surface area (Å²) >= 11 is 0. The van der Waals surface area contributed by atoms with Gasteiger partial charge in [0.25, 0.3) is 5.91 Å². The Kier molecular flexibility index (Phi) is 3.57. The van der Waals surface area contributed by atoms with E-state index in [0.717, 1.165) is 19.3 Å². The molecule has 0 saturated heterocycles. The number of carbonyl (C=O) groups is 1. The fourth-order valence-corrected chi connectivity index (χ4v) is 2.18. The Morgan fingerprint density at radius 2 is 1.88 bits per heavy atom. The maximum absolute atomic E-state index is 11.9. The second-order valence-electron chi connectivity index (χ2n) is 4.39. The predicted octanol–water partition coefficient (Wildman–Crippen LogP) is 1.69. The Hall–Kier alpha value is -1.35. The van der Waals surface area contributed by atoms with Gasteiger partial charge >= 0.3 is 0 Å². The van der Waals surface area contributed by atoms with Crippen molar-refractivity contribution in [3.8, 4) is 0 Å². The summed E-state index contributed by atoms with van der Waals surface area (Å²) in [5.74, 6) is -0.0112. The smallest absolute Gasteiger partial charge is 0.251 e. The van der Waals surface area contributed by atoms with Crippen molar-refractivity contribution in [2.75, 3.05) is 0 Å². The van der Waals surface area contributed by atoms with E-state index in [1.54, 1.807) is 0 Å². The lowest BCUT2D eigenvalue weighted by atomic mass is 9.91. The summed E-state index contributed by atoms with van der Waals surface area (Å²) in [6, 6.07) is 9.55. The van der Waals surface area contributed by atoms with Gasteiger partial charge in [-0.25, -0.2) is 0 Å². The zero-order chi connectivity index (χ0) is 11.4. The Bertz CT molecular complexity index is 350. The number of hydrogen-bond donors (Lipinski definition) is 2. The highest BCUT2D eigenvalue weighted by Gasteiger charge is 2.23. The molecule has 3 N–H and O–H groups in total. The summed E-state index contributed by atoms with van der Waals surface area (Å²) in [6.07, 6.45) is 4.35. The summed E-state index contributed by atoms with van der Waals surface area (Å²) in [5, 5.41) is 3.02. The van der Waals surface area contributed by atoms with Gasteiger partial charge in [0.15, 0.2) is 0 Å². The SMILES string of the molecule is N[C@H]1CCCC[C@H]1NC(=O)c1ccccc1. The molecule has 16 heavy (non-hydrogen) atoms. The Morgan fingerprint density at radius 3 is 2.56 bits per heavy atom. The van der Waals surface area contributed by atoms with Crippen LogP contribution >= 0.6 is 0 Å². The van der Waals surface area contributed by atoms with E-state index < -0.39 is 0 Å². The molecule has 0 spiro atoms. The fraction of sp³-hybridized carbons (Fsp3) is 0.462. The number of benzene rings is 1. The minimum absolute atomic E-state index is 0.0112. The molecule has 2 atom stereocenters. The Morgan fingerprint density at radius 1 is 1.19 bits per heavy atom. The number of rotatable bonds is 2. The minimum atomic E-state index is -0.0112. The van der Waals surface area contributed by atoms with Gasteiger partial charge in [0.1, 0.15) is 0 Å². The number of nitrogens with two attached hydrogens (primary N) is 1. The van der Waals surface area contributed by atoms with Gasteiger partial charge in [-0.1, -0.05) is 31.0 Å². The molecule has 1 amide bonds. The first-order valence-corrected chi connectivity index (χ1v) is 5.89. The first kappa shape index (κ1) is 11.1. The molecule has 1 aromatic carbocycles. The van der Waals surface area contributed by atoms with Crippen LogP contribution in [0.15, 0.2) is 30.3 Å². The summed E-state index contributed by atoms with van der Waals surface area (Å²) in [5.41, 5.74) is 6.70. The molecule has 3 nitrogen and oxygen atoms in total. The number of nitrogens with one attached hydrogen (secondary N) is 1. The van der Waals surface area contributed by atoms with E-state index in [2.05, 4.69) is 5.32 Å². The normalized spacial score (nSPS) is 25.1. The van der Waals surface area contributed by atoms with Crippen molar-refractivity contribution < 1.29 is 4.79 Å². The summed E-state index contributed by atoms with van der Waals surface area (Å²) in [6.45, 7) is 0. The topological polar surface area (TPSA) is 55.1 Å². The van der Waals surface area contributed by atoms with E-state index in [9.17, 15) is 4.79 Å². The second-order valence-corrected chi connectivity index (χ2v) is 4.39. The van der Waals surface area contributed by atoms with Crippen molar-refractivity contribution in [2.45, 2.75) is 37.8 Å².